The number of Topliss-reactive ketones (excluding diaryl/α,β-unsaturated/α-hetero) is 1. The van der Waals surface area contributed by atoms with Gasteiger partial charge in [-0.2, -0.15) is 5.26 Å². The van der Waals surface area contributed by atoms with Crippen LogP contribution in [0.2, 0.25) is 0 Å². The Bertz CT molecular complexity index is 1080. The molecule has 32 heavy (non-hydrogen) atoms. The molecule has 2 aromatic rings. The third kappa shape index (κ3) is 5.13. The van der Waals surface area contributed by atoms with Crippen molar-refractivity contribution in [3.8, 4) is 11.8 Å². The van der Waals surface area contributed by atoms with Crippen molar-refractivity contribution in [3.63, 3.8) is 0 Å². The van der Waals surface area contributed by atoms with E-state index in [1.165, 1.54) is 13.2 Å². The first-order valence-electron chi connectivity index (χ1n) is 10.6. The zero-order valence-corrected chi connectivity index (χ0v) is 18.3. The highest BCUT2D eigenvalue weighted by Gasteiger charge is 2.25. The van der Waals surface area contributed by atoms with Gasteiger partial charge >= 0.3 is 0 Å². The summed E-state index contributed by atoms with van der Waals surface area (Å²) < 4.78 is 18.9. The molecule has 0 aromatic heterocycles. The van der Waals surface area contributed by atoms with E-state index in [2.05, 4.69) is 9.74 Å². The lowest BCUT2D eigenvalue weighted by atomic mass is 9.89. The SMILES string of the molecule is [C-]#[N+]c1c(F)ccc(C(O)CN2CCC(CC(=O)c3ccc(C#N)c(OC)c3)CC2)c1C. The van der Waals surface area contributed by atoms with E-state index in [1.54, 1.807) is 31.2 Å². The Morgan fingerprint density at radius 1 is 1.38 bits per heavy atom. The van der Waals surface area contributed by atoms with Crippen LogP contribution in [0.5, 0.6) is 5.75 Å². The van der Waals surface area contributed by atoms with Gasteiger partial charge in [0.25, 0.3) is 0 Å². The molecule has 7 heteroatoms. The molecule has 0 amide bonds. The number of ether oxygens (including phenoxy) is 1. The summed E-state index contributed by atoms with van der Waals surface area (Å²) in [4.78, 5) is 18.1. The molecular formula is C25H26FN3O3. The lowest BCUT2D eigenvalue weighted by molar-refractivity contribution is 0.0800. The highest BCUT2D eigenvalue weighted by molar-refractivity contribution is 5.96. The second-order valence-electron chi connectivity index (χ2n) is 8.14. The molecule has 1 aliphatic heterocycles. The van der Waals surface area contributed by atoms with Crippen molar-refractivity contribution in [2.75, 3.05) is 26.7 Å². The number of aliphatic hydroxyl groups excluding tert-OH is 1. The van der Waals surface area contributed by atoms with E-state index in [0.29, 0.717) is 41.0 Å². The Morgan fingerprint density at radius 3 is 2.72 bits per heavy atom. The maximum atomic E-state index is 13.7. The number of nitriles is 1. The average molecular weight is 435 g/mol. The molecule has 1 heterocycles. The highest BCUT2D eigenvalue weighted by Crippen LogP contribution is 2.31. The minimum atomic E-state index is -0.805. The van der Waals surface area contributed by atoms with Gasteiger partial charge in [-0.05, 0) is 74.2 Å². The van der Waals surface area contributed by atoms with Gasteiger partial charge in [-0.25, -0.2) is 9.24 Å². The summed E-state index contributed by atoms with van der Waals surface area (Å²) >= 11 is 0. The van der Waals surface area contributed by atoms with E-state index in [-0.39, 0.29) is 17.4 Å². The number of aliphatic hydroxyl groups is 1. The fraction of sp³-hybridized carbons (Fsp3) is 0.400. The molecule has 2 aromatic carbocycles. The maximum Gasteiger partial charge on any atom is 0.225 e. The van der Waals surface area contributed by atoms with E-state index in [1.807, 2.05) is 6.07 Å². The first kappa shape index (κ1) is 23.4. The van der Waals surface area contributed by atoms with Crippen LogP contribution in [0, 0.1) is 36.6 Å². The first-order chi connectivity index (χ1) is 15.4. The van der Waals surface area contributed by atoms with Gasteiger partial charge in [0.1, 0.15) is 17.6 Å². The number of carbonyl (C=O) groups excluding carboxylic acids is 1. The zero-order valence-electron chi connectivity index (χ0n) is 18.3. The predicted molar refractivity (Wildman–Crippen MR) is 118 cm³/mol. The van der Waals surface area contributed by atoms with Gasteiger partial charge in [-0.1, -0.05) is 6.07 Å². The smallest absolute Gasteiger partial charge is 0.225 e. The van der Waals surface area contributed by atoms with Crippen LogP contribution >= 0.6 is 0 Å². The number of halogens is 1. The minimum absolute atomic E-state index is 0.0277. The molecule has 6 nitrogen and oxygen atoms in total. The Kier molecular flexibility index (Phi) is 7.58. The molecule has 1 N–H and O–H groups in total. The quantitative estimate of drug-likeness (QED) is 0.509. The normalized spacial score (nSPS) is 15.6. The minimum Gasteiger partial charge on any atom is -0.495 e. The number of methoxy groups -OCH3 is 1. The van der Waals surface area contributed by atoms with Gasteiger partial charge < -0.3 is 14.7 Å². The molecule has 1 atom stereocenters. The van der Waals surface area contributed by atoms with Crippen molar-refractivity contribution in [2.24, 2.45) is 5.92 Å². The van der Waals surface area contributed by atoms with Crippen LogP contribution < -0.4 is 4.74 Å². The average Bonchev–Trinajstić information content (AvgIpc) is 2.80. The molecule has 166 valence electrons. The molecule has 1 aliphatic rings. The van der Waals surface area contributed by atoms with Gasteiger partial charge in [0.15, 0.2) is 5.78 Å². The third-order valence-corrected chi connectivity index (χ3v) is 6.15. The summed E-state index contributed by atoms with van der Waals surface area (Å²) in [6, 6.07) is 9.71. The third-order valence-electron chi connectivity index (χ3n) is 6.15. The largest absolute Gasteiger partial charge is 0.495 e. The number of hydrogen-bond donors (Lipinski definition) is 1. The summed E-state index contributed by atoms with van der Waals surface area (Å²) in [7, 11) is 1.48. The molecule has 0 radical (unpaired) electrons. The molecule has 0 spiro atoms. The molecule has 1 fully saturated rings. The second kappa shape index (κ2) is 10.4. The zero-order chi connectivity index (χ0) is 23.3. The number of hydrogen-bond acceptors (Lipinski definition) is 5. The summed E-state index contributed by atoms with van der Waals surface area (Å²) in [5, 5.41) is 19.7. The van der Waals surface area contributed by atoms with Gasteiger partial charge in [-0.15, -0.1) is 0 Å². The van der Waals surface area contributed by atoms with E-state index in [4.69, 9.17) is 16.6 Å². The highest BCUT2D eigenvalue weighted by atomic mass is 19.1. The molecule has 0 bridgehead atoms. The molecule has 1 unspecified atom stereocenters. The van der Waals surface area contributed by atoms with E-state index >= 15 is 0 Å². The monoisotopic (exact) mass is 435 g/mol. The lowest BCUT2D eigenvalue weighted by Crippen LogP contribution is -2.37. The van der Waals surface area contributed by atoms with Crippen molar-refractivity contribution >= 4 is 11.5 Å². The standard InChI is InChI=1S/C25H26FN3O3/c1-16-20(6-7-21(26)25(16)28-2)23(31)15-29-10-8-17(9-11-29)12-22(30)18-4-5-19(14-27)24(13-18)32-3/h4-7,13,17,23,31H,8-12,15H2,1,3H3. The van der Waals surface area contributed by atoms with Gasteiger partial charge in [-0.3, -0.25) is 4.79 Å². The van der Waals surface area contributed by atoms with E-state index in [0.717, 1.165) is 25.9 Å². The van der Waals surface area contributed by atoms with Crippen LogP contribution in [0.4, 0.5) is 10.1 Å². The Morgan fingerprint density at radius 2 is 2.09 bits per heavy atom. The second-order valence-corrected chi connectivity index (χ2v) is 8.14. The van der Waals surface area contributed by atoms with Crippen molar-refractivity contribution in [2.45, 2.75) is 32.3 Å². The number of carbonyl (C=O) groups is 1. The molecule has 3 rings (SSSR count). The van der Waals surface area contributed by atoms with Crippen molar-refractivity contribution < 1.29 is 19.0 Å². The van der Waals surface area contributed by atoms with E-state index in [9.17, 15) is 14.3 Å². The number of rotatable bonds is 7. The number of benzene rings is 2. The summed E-state index contributed by atoms with van der Waals surface area (Å²) in [6.45, 7) is 10.7. The number of β-amino-alcohol motifs (C(OH)–C–C–N with tert-alkyl or cyclic N) is 1. The fourth-order valence-electron chi connectivity index (χ4n) is 4.23. The van der Waals surface area contributed by atoms with Crippen LogP contribution in [-0.4, -0.2) is 42.5 Å². The lowest BCUT2D eigenvalue weighted by Gasteiger charge is -2.33. The number of piperidine rings is 1. The Hall–Kier alpha value is -3.26. The van der Waals surface area contributed by atoms with Crippen LogP contribution in [0.25, 0.3) is 4.85 Å². The first-order valence-corrected chi connectivity index (χ1v) is 10.6. The van der Waals surface area contributed by atoms with Crippen LogP contribution in [0.1, 0.15) is 52.4 Å². The van der Waals surface area contributed by atoms with Crippen LogP contribution in [0.3, 0.4) is 0 Å². The summed E-state index contributed by atoms with van der Waals surface area (Å²) in [6.07, 6.45) is 1.29. The molecule has 0 saturated carbocycles. The topological polar surface area (TPSA) is 77.9 Å². The summed E-state index contributed by atoms with van der Waals surface area (Å²) in [5.74, 6) is 0.108. The molecule has 1 saturated heterocycles. The summed E-state index contributed by atoms with van der Waals surface area (Å²) in [5.41, 5.74) is 1.95. The number of likely N-dealkylation sites (tertiary alicyclic amines) is 1. The van der Waals surface area contributed by atoms with Crippen LogP contribution in [0.15, 0.2) is 30.3 Å². The number of nitrogens with zero attached hydrogens (tertiary/aromatic N) is 3. The predicted octanol–water partition coefficient (Wildman–Crippen LogP) is 4.58. The van der Waals surface area contributed by atoms with Crippen molar-refractivity contribution in [3.05, 3.63) is 69.8 Å². The van der Waals surface area contributed by atoms with Crippen molar-refractivity contribution in [1.82, 2.24) is 4.90 Å². The van der Waals surface area contributed by atoms with Gasteiger partial charge in [0, 0.05) is 18.5 Å². The molecular weight excluding hydrogens is 409 g/mol. The van der Waals surface area contributed by atoms with Gasteiger partial charge in [0.05, 0.1) is 25.3 Å². The Balaban J connectivity index is 1.55. The number of ketones is 1. The van der Waals surface area contributed by atoms with E-state index < -0.39 is 11.9 Å². The van der Waals surface area contributed by atoms with Crippen molar-refractivity contribution in [1.29, 1.82) is 5.26 Å². The van der Waals surface area contributed by atoms with Crippen LogP contribution in [-0.2, 0) is 0 Å². The molecule has 0 aliphatic carbocycles. The van der Waals surface area contributed by atoms with Gasteiger partial charge in [0.2, 0.25) is 5.69 Å². The fourth-order valence-corrected chi connectivity index (χ4v) is 4.23. The maximum absolute atomic E-state index is 13.7. The Labute approximate surface area is 187 Å².